The van der Waals surface area contributed by atoms with Gasteiger partial charge in [-0.3, -0.25) is 10.1 Å². The number of carbonyl (C=O) groups excluding carboxylic acids is 2. The molecule has 0 aromatic carbocycles. The summed E-state index contributed by atoms with van der Waals surface area (Å²) < 4.78 is 1.64. The van der Waals surface area contributed by atoms with Crippen LogP contribution in [0, 0.1) is 5.92 Å². The summed E-state index contributed by atoms with van der Waals surface area (Å²) in [5, 5.41) is 12.3. The highest BCUT2D eigenvalue weighted by atomic mass is 32.2. The molecule has 6 nitrogen and oxygen atoms in total. The molecule has 1 rings (SSSR count). The van der Waals surface area contributed by atoms with E-state index >= 15 is 0 Å². The van der Waals surface area contributed by atoms with E-state index in [1.165, 1.54) is 30.1 Å². The van der Waals surface area contributed by atoms with Gasteiger partial charge in [0.05, 0.1) is 5.25 Å². The van der Waals surface area contributed by atoms with Crippen LogP contribution >= 0.6 is 34.9 Å². The Labute approximate surface area is 130 Å². The van der Waals surface area contributed by atoms with Crippen LogP contribution in [0.15, 0.2) is 8.68 Å². The smallest absolute Gasteiger partial charge is 0.321 e. The minimum atomic E-state index is -0.507. The lowest BCUT2D eigenvalue weighted by atomic mass is 10.3. The quantitative estimate of drug-likeness (QED) is 0.776. The molecule has 0 spiro atoms. The first-order valence-electron chi connectivity index (χ1n) is 6.08. The van der Waals surface area contributed by atoms with Gasteiger partial charge in [0.15, 0.2) is 8.68 Å². The number of imide groups is 1. The van der Waals surface area contributed by atoms with Gasteiger partial charge in [-0.1, -0.05) is 48.7 Å². The maximum absolute atomic E-state index is 11.7. The highest BCUT2D eigenvalue weighted by molar-refractivity contribution is 8.03. The number of hydrogen-bond donors (Lipinski definition) is 2. The fraction of sp³-hybridized carbons (Fsp3) is 0.636. The van der Waals surface area contributed by atoms with Crippen LogP contribution in [0.1, 0.15) is 20.8 Å². The molecule has 1 heterocycles. The predicted molar refractivity (Wildman–Crippen MR) is 83.4 cm³/mol. The van der Waals surface area contributed by atoms with Crippen LogP contribution < -0.4 is 10.6 Å². The highest BCUT2D eigenvalue weighted by Gasteiger charge is 2.18. The molecule has 1 aromatic heterocycles. The zero-order valence-corrected chi connectivity index (χ0v) is 14.2. The third-order valence-electron chi connectivity index (χ3n) is 2.04. The molecule has 0 saturated carbocycles. The summed E-state index contributed by atoms with van der Waals surface area (Å²) in [6.07, 6.45) is 0. The fourth-order valence-electron chi connectivity index (χ4n) is 1.02. The lowest BCUT2D eigenvalue weighted by Gasteiger charge is -2.08. The van der Waals surface area contributed by atoms with Crippen LogP contribution in [0.3, 0.4) is 0 Å². The minimum Gasteiger partial charge on any atom is -0.341 e. The summed E-state index contributed by atoms with van der Waals surface area (Å²) >= 11 is 4.43. The average molecular weight is 334 g/mol. The zero-order valence-electron chi connectivity index (χ0n) is 11.8. The second kappa shape index (κ2) is 8.48. The third kappa shape index (κ3) is 6.10. The fourth-order valence-corrected chi connectivity index (χ4v) is 4.16. The lowest BCUT2D eigenvalue weighted by Crippen LogP contribution is -2.41. The minimum absolute atomic E-state index is 0.346. The Hall–Kier alpha value is -0.800. The van der Waals surface area contributed by atoms with Crippen molar-refractivity contribution in [2.45, 2.75) is 34.7 Å². The number of nitrogens with zero attached hydrogens (tertiary/aromatic N) is 2. The topological polar surface area (TPSA) is 84.0 Å². The van der Waals surface area contributed by atoms with Crippen molar-refractivity contribution in [3.05, 3.63) is 0 Å². The number of aromatic nitrogens is 2. The van der Waals surface area contributed by atoms with Crippen LogP contribution in [-0.4, -0.2) is 40.2 Å². The van der Waals surface area contributed by atoms with E-state index in [-0.39, 0.29) is 5.91 Å². The third-order valence-corrected chi connectivity index (χ3v) is 5.71. The van der Waals surface area contributed by atoms with Gasteiger partial charge >= 0.3 is 6.03 Å². The summed E-state index contributed by atoms with van der Waals surface area (Å²) in [6.45, 7) is 6.02. The van der Waals surface area contributed by atoms with Crippen LogP contribution in [0.25, 0.3) is 0 Å². The predicted octanol–water partition coefficient (Wildman–Crippen LogP) is 2.22. The first kappa shape index (κ1) is 17.3. The molecule has 1 unspecified atom stereocenters. The number of hydrogen-bond acceptors (Lipinski definition) is 7. The summed E-state index contributed by atoms with van der Waals surface area (Å²) in [6, 6.07) is -0.507. The van der Waals surface area contributed by atoms with E-state index < -0.39 is 11.3 Å². The second-order valence-corrected chi connectivity index (χ2v) is 8.20. The van der Waals surface area contributed by atoms with Gasteiger partial charge in [-0.05, 0) is 12.8 Å². The Morgan fingerprint density at radius 3 is 2.50 bits per heavy atom. The molecule has 0 bridgehead atoms. The van der Waals surface area contributed by atoms with Crippen molar-refractivity contribution >= 4 is 46.8 Å². The van der Waals surface area contributed by atoms with E-state index in [1.807, 2.05) is 0 Å². The zero-order chi connectivity index (χ0) is 15.1. The van der Waals surface area contributed by atoms with Gasteiger partial charge in [0.2, 0.25) is 5.91 Å². The molecule has 0 radical (unpaired) electrons. The lowest BCUT2D eigenvalue weighted by molar-refractivity contribution is -0.119. The Balaban J connectivity index is 2.47. The number of amides is 3. The van der Waals surface area contributed by atoms with Crippen LogP contribution in [0.5, 0.6) is 0 Å². The maximum Gasteiger partial charge on any atom is 0.321 e. The van der Waals surface area contributed by atoms with Crippen molar-refractivity contribution in [1.82, 2.24) is 20.8 Å². The van der Waals surface area contributed by atoms with Gasteiger partial charge in [-0.15, -0.1) is 10.2 Å². The standard InChI is InChI=1S/C11H18N4O2S3/c1-6(2)5-18-10-14-15-11(20-10)19-7(3)8(16)13-9(17)12-4/h6-7H,5H2,1-4H3,(H2,12,13,16,17). The number of urea groups is 1. The summed E-state index contributed by atoms with van der Waals surface area (Å²) in [4.78, 5) is 22.7. The van der Waals surface area contributed by atoms with E-state index in [0.717, 1.165) is 14.4 Å². The highest BCUT2D eigenvalue weighted by Crippen LogP contribution is 2.31. The van der Waals surface area contributed by atoms with E-state index in [9.17, 15) is 9.59 Å². The normalized spacial score (nSPS) is 12.2. The Kier molecular flexibility index (Phi) is 7.31. The molecule has 0 aliphatic carbocycles. The van der Waals surface area contributed by atoms with Gasteiger partial charge in [0.25, 0.3) is 0 Å². The van der Waals surface area contributed by atoms with Crippen molar-refractivity contribution in [3.8, 4) is 0 Å². The Morgan fingerprint density at radius 2 is 1.90 bits per heavy atom. The molecule has 9 heteroatoms. The first-order chi connectivity index (χ1) is 9.42. The molecule has 1 atom stereocenters. The average Bonchev–Trinajstić information content (AvgIpc) is 2.83. The van der Waals surface area contributed by atoms with Gasteiger partial charge in [0.1, 0.15) is 0 Å². The molecule has 0 aliphatic heterocycles. The van der Waals surface area contributed by atoms with Crippen molar-refractivity contribution in [3.63, 3.8) is 0 Å². The number of thioether (sulfide) groups is 2. The van der Waals surface area contributed by atoms with Gasteiger partial charge < -0.3 is 5.32 Å². The molecular weight excluding hydrogens is 316 g/mol. The van der Waals surface area contributed by atoms with Crippen LogP contribution in [0.4, 0.5) is 4.79 Å². The van der Waals surface area contributed by atoms with E-state index in [2.05, 4.69) is 34.7 Å². The first-order valence-corrected chi connectivity index (χ1v) is 8.76. The summed E-state index contributed by atoms with van der Waals surface area (Å²) in [5.74, 6) is 1.24. The molecule has 0 aliphatic rings. The van der Waals surface area contributed by atoms with Crippen LogP contribution in [0.2, 0.25) is 0 Å². The molecule has 2 N–H and O–H groups in total. The van der Waals surface area contributed by atoms with E-state index in [0.29, 0.717) is 5.92 Å². The number of nitrogens with one attached hydrogen (secondary N) is 2. The molecule has 0 saturated heterocycles. The van der Waals surface area contributed by atoms with Crippen molar-refractivity contribution in [2.24, 2.45) is 5.92 Å². The Bertz CT molecular complexity index is 464. The van der Waals surface area contributed by atoms with Crippen molar-refractivity contribution in [1.29, 1.82) is 0 Å². The largest absolute Gasteiger partial charge is 0.341 e. The molecule has 20 heavy (non-hydrogen) atoms. The molecule has 3 amide bonds. The second-order valence-electron chi connectivity index (χ2n) is 4.37. The maximum atomic E-state index is 11.7. The molecule has 0 fully saturated rings. The van der Waals surface area contributed by atoms with E-state index in [1.54, 1.807) is 18.7 Å². The molecule has 1 aromatic rings. The van der Waals surface area contributed by atoms with Gasteiger partial charge in [-0.25, -0.2) is 4.79 Å². The van der Waals surface area contributed by atoms with Gasteiger partial charge in [-0.2, -0.15) is 0 Å². The number of carbonyl (C=O) groups is 2. The van der Waals surface area contributed by atoms with Crippen molar-refractivity contribution < 1.29 is 9.59 Å². The summed E-state index contributed by atoms with van der Waals surface area (Å²) in [5.41, 5.74) is 0. The van der Waals surface area contributed by atoms with Crippen LogP contribution in [-0.2, 0) is 4.79 Å². The molecule has 112 valence electrons. The monoisotopic (exact) mass is 334 g/mol. The SMILES string of the molecule is CNC(=O)NC(=O)C(C)Sc1nnc(SCC(C)C)s1. The number of rotatable bonds is 6. The summed E-state index contributed by atoms with van der Waals surface area (Å²) in [7, 11) is 1.46. The molecular formula is C11H18N4O2S3. The Morgan fingerprint density at radius 1 is 1.25 bits per heavy atom. The van der Waals surface area contributed by atoms with E-state index in [4.69, 9.17) is 0 Å². The van der Waals surface area contributed by atoms with Crippen molar-refractivity contribution in [2.75, 3.05) is 12.8 Å². The van der Waals surface area contributed by atoms with Gasteiger partial charge in [0, 0.05) is 12.8 Å².